The molecule has 0 fully saturated rings. The number of hydrogen-bond donors (Lipinski definition) is 2. The first-order chi connectivity index (χ1) is 10.9. The highest BCUT2D eigenvalue weighted by molar-refractivity contribution is 7.85. The van der Waals surface area contributed by atoms with Crippen molar-refractivity contribution in [2.75, 3.05) is 26.5 Å². The van der Waals surface area contributed by atoms with Crippen LogP contribution in [0.3, 0.4) is 0 Å². The van der Waals surface area contributed by atoms with Crippen LogP contribution < -0.4 is 10.1 Å². The van der Waals surface area contributed by atoms with E-state index in [2.05, 4.69) is 43.5 Å². The van der Waals surface area contributed by atoms with Crippen molar-refractivity contribution in [3.63, 3.8) is 0 Å². The maximum absolute atomic E-state index is 9.19. The van der Waals surface area contributed by atoms with Crippen LogP contribution in [0.5, 0.6) is 5.88 Å². The Hall–Kier alpha value is -1.69. The number of nitrogens with zero attached hydrogens (tertiary/aromatic N) is 4. The summed E-state index contributed by atoms with van der Waals surface area (Å²) in [6.45, 7) is 1.48. The largest absolute Gasteiger partial charge is 0.475 e. The van der Waals surface area contributed by atoms with Crippen molar-refractivity contribution < 1.29 is 17.7 Å². The lowest BCUT2D eigenvalue weighted by Gasteiger charge is -2.15. The second kappa shape index (κ2) is 10.2. The van der Waals surface area contributed by atoms with Crippen LogP contribution in [0.15, 0.2) is 23.7 Å². The molecule has 0 bridgehead atoms. The molecule has 2 heterocycles. The van der Waals surface area contributed by atoms with Gasteiger partial charge in [0.1, 0.15) is 6.20 Å². The summed E-state index contributed by atoms with van der Waals surface area (Å²) >= 11 is 1.77. The molecule has 0 amide bonds. The predicted octanol–water partition coefficient (Wildman–Crippen LogP) is 0.289. The lowest BCUT2D eigenvalue weighted by atomic mass is 10.1. The fraction of sp³-hybridized carbons (Fsp3) is 0.500. The lowest BCUT2D eigenvalue weighted by Crippen LogP contribution is -2.26. The van der Waals surface area contributed by atoms with Gasteiger partial charge in [-0.25, -0.2) is 0 Å². The number of thiophene rings is 1. The summed E-state index contributed by atoms with van der Waals surface area (Å²) in [6, 6.07) is 4.21. The molecule has 2 aromatic heterocycles. The molecule has 0 aliphatic heterocycles. The minimum Gasteiger partial charge on any atom is -0.475 e. The van der Waals surface area contributed by atoms with E-state index in [-0.39, 0.29) is 0 Å². The van der Waals surface area contributed by atoms with Crippen LogP contribution >= 0.6 is 11.3 Å². The average molecular weight is 361 g/mol. The smallest absolute Gasteiger partial charge is 0.261 e. The van der Waals surface area contributed by atoms with Crippen molar-refractivity contribution in [2.24, 2.45) is 5.92 Å². The van der Waals surface area contributed by atoms with Crippen LogP contribution in [0, 0.1) is 5.92 Å². The first-order valence-electron chi connectivity index (χ1n) is 6.61. The first kappa shape index (κ1) is 19.4. The van der Waals surface area contributed by atoms with Crippen LogP contribution in [0.4, 0.5) is 0 Å². The zero-order chi connectivity index (χ0) is 17.1. The van der Waals surface area contributed by atoms with Gasteiger partial charge < -0.3 is 10.1 Å². The molecule has 1 atom stereocenters. The molecule has 0 aliphatic carbocycles. The molecule has 2 aromatic rings. The zero-order valence-electron chi connectivity index (χ0n) is 12.8. The van der Waals surface area contributed by atoms with Gasteiger partial charge in [0.15, 0.2) is 0 Å². The van der Waals surface area contributed by atoms with Crippen molar-refractivity contribution >= 4 is 21.5 Å². The Labute approximate surface area is 138 Å². The van der Waals surface area contributed by atoms with E-state index >= 15 is 0 Å². The van der Waals surface area contributed by atoms with E-state index < -0.39 is 10.1 Å². The van der Waals surface area contributed by atoms with Gasteiger partial charge in [-0.05, 0) is 35.3 Å². The molecular formula is C12H19N5O4S2. The van der Waals surface area contributed by atoms with E-state index in [4.69, 9.17) is 9.29 Å². The monoisotopic (exact) mass is 361 g/mol. The molecule has 9 nitrogen and oxygen atoms in total. The van der Waals surface area contributed by atoms with E-state index in [0.717, 1.165) is 13.0 Å². The van der Waals surface area contributed by atoms with Crippen molar-refractivity contribution in [3.8, 4) is 5.88 Å². The number of ether oxygens (including phenoxy) is 1. The molecule has 0 spiro atoms. The van der Waals surface area contributed by atoms with Gasteiger partial charge in [-0.15, -0.1) is 16.4 Å². The number of nitrogens with one attached hydrogen (secondary N) is 1. The second-order valence-corrected chi connectivity index (χ2v) is 7.11. The van der Waals surface area contributed by atoms with E-state index in [1.807, 2.05) is 7.05 Å². The second-order valence-electron chi connectivity index (χ2n) is 4.61. The minimum atomic E-state index is -3.67. The predicted molar refractivity (Wildman–Crippen MR) is 86.0 cm³/mol. The van der Waals surface area contributed by atoms with Crippen molar-refractivity contribution in [3.05, 3.63) is 28.6 Å². The Balaban J connectivity index is 0.000000463. The third-order valence-electron chi connectivity index (χ3n) is 2.43. The number of hydrogen-bond acceptors (Lipinski definition) is 9. The molecule has 2 rings (SSSR count). The molecule has 0 saturated heterocycles. The Morgan fingerprint density at radius 1 is 1.43 bits per heavy atom. The maximum atomic E-state index is 9.19. The van der Waals surface area contributed by atoms with Crippen LogP contribution in [0.1, 0.15) is 4.88 Å². The fourth-order valence-corrected chi connectivity index (χ4v) is 2.47. The SMILES string of the molecule is CNCC(COc1cnnnn1)Cc1cccs1.CS(=O)(=O)O. The highest BCUT2D eigenvalue weighted by Crippen LogP contribution is 2.15. The Morgan fingerprint density at radius 3 is 2.70 bits per heavy atom. The summed E-state index contributed by atoms with van der Waals surface area (Å²) in [4.78, 5) is 1.36. The Morgan fingerprint density at radius 2 is 2.17 bits per heavy atom. The summed E-state index contributed by atoms with van der Waals surface area (Å²) in [6.07, 6.45) is 3.17. The molecular weight excluding hydrogens is 342 g/mol. The van der Waals surface area contributed by atoms with Crippen LogP contribution in [-0.4, -0.2) is 60.0 Å². The molecule has 0 saturated carbocycles. The molecule has 0 aliphatic rings. The topological polar surface area (TPSA) is 127 Å². The van der Waals surface area contributed by atoms with Gasteiger partial charge >= 0.3 is 0 Å². The van der Waals surface area contributed by atoms with Crippen LogP contribution in [0.2, 0.25) is 0 Å². The molecule has 0 radical (unpaired) electrons. The average Bonchev–Trinajstić information content (AvgIpc) is 2.97. The van der Waals surface area contributed by atoms with Gasteiger partial charge in [-0.2, -0.15) is 8.42 Å². The summed E-state index contributed by atoms with van der Waals surface area (Å²) < 4.78 is 31.4. The standard InChI is InChI=1S/C11H15N5OS.CH4O3S/c1-12-6-9(5-10-3-2-4-18-10)8-17-11-7-13-15-16-14-11;1-5(2,3)4/h2-4,7,9,12H,5-6,8H2,1H3;1H3,(H,2,3,4). The molecule has 2 N–H and O–H groups in total. The molecule has 23 heavy (non-hydrogen) atoms. The number of aromatic nitrogens is 4. The Bertz CT molecular complexity index is 629. The van der Waals surface area contributed by atoms with Crippen LogP contribution in [0.25, 0.3) is 0 Å². The fourth-order valence-electron chi connectivity index (χ4n) is 1.65. The summed E-state index contributed by atoms with van der Waals surface area (Å²) in [5.74, 6) is 0.806. The third-order valence-corrected chi connectivity index (χ3v) is 3.33. The third kappa shape index (κ3) is 10.6. The molecule has 128 valence electrons. The number of rotatable bonds is 7. The highest BCUT2D eigenvalue weighted by atomic mass is 32.2. The zero-order valence-corrected chi connectivity index (χ0v) is 14.4. The first-order valence-corrected chi connectivity index (χ1v) is 9.34. The van der Waals surface area contributed by atoms with E-state index in [0.29, 0.717) is 24.7 Å². The van der Waals surface area contributed by atoms with Gasteiger partial charge in [-0.3, -0.25) is 4.55 Å². The summed E-state index contributed by atoms with van der Waals surface area (Å²) in [5.41, 5.74) is 0. The van der Waals surface area contributed by atoms with E-state index in [1.165, 1.54) is 11.1 Å². The van der Waals surface area contributed by atoms with E-state index in [1.54, 1.807) is 11.3 Å². The van der Waals surface area contributed by atoms with Crippen molar-refractivity contribution in [1.82, 2.24) is 25.9 Å². The van der Waals surface area contributed by atoms with Gasteiger partial charge in [0, 0.05) is 17.3 Å². The van der Waals surface area contributed by atoms with Gasteiger partial charge in [0.05, 0.1) is 12.9 Å². The quantitative estimate of drug-likeness (QED) is 0.669. The Kier molecular flexibility index (Phi) is 8.55. The maximum Gasteiger partial charge on any atom is 0.261 e. The lowest BCUT2D eigenvalue weighted by molar-refractivity contribution is 0.233. The van der Waals surface area contributed by atoms with E-state index in [9.17, 15) is 8.42 Å². The molecule has 0 aromatic carbocycles. The van der Waals surface area contributed by atoms with Crippen molar-refractivity contribution in [2.45, 2.75) is 6.42 Å². The van der Waals surface area contributed by atoms with Gasteiger partial charge in [0.2, 0.25) is 0 Å². The summed E-state index contributed by atoms with van der Waals surface area (Å²) in [7, 11) is -1.73. The van der Waals surface area contributed by atoms with Crippen LogP contribution in [-0.2, 0) is 16.5 Å². The van der Waals surface area contributed by atoms with Gasteiger partial charge in [0.25, 0.3) is 16.0 Å². The normalized spacial score (nSPS) is 12.1. The molecule has 1 unspecified atom stereocenters. The highest BCUT2D eigenvalue weighted by Gasteiger charge is 2.11. The minimum absolute atomic E-state index is 0.392. The summed E-state index contributed by atoms with van der Waals surface area (Å²) in [5, 5.41) is 19.4. The van der Waals surface area contributed by atoms with Crippen molar-refractivity contribution in [1.29, 1.82) is 0 Å². The van der Waals surface area contributed by atoms with Gasteiger partial charge in [-0.1, -0.05) is 11.2 Å². The molecule has 11 heteroatoms.